The van der Waals surface area contributed by atoms with Crippen molar-refractivity contribution in [1.29, 1.82) is 0 Å². The molecule has 2 saturated carbocycles. The van der Waals surface area contributed by atoms with Crippen LogP contribution in [0.15, 0.2) is 18.2 Å². The first-order chi connectivity index (χ1) is 9.97. The molecule has 1 aromatic carbocycles. The van der Waals surface area contributed by atoms with Gasteiger partial charge in [0.25, 0.3) is 0 Å². The van der Waals surface area contributed by atoms with E-state index in [2.05, 4.69) is 5.32 Å². The van der Waals surface area contributed by atoms with Gasteiger partial charge in [0.1, 0.15) is 5.82 Å². The lowest BCUT2D eigenvalue weighted by Crippen LogP contribution is -2.38. The number of hydrogen-bond donors (Lipinski definition) is 2. The van der Waals surface area contributed by atoms with E-state index in [0.717, 1.165) is 19.3 Å². The van der Waals surface area contributed by atoms with Crippen LogP contribution in [-0.2, 0) is 9.59 Å². The number of carbonyl (C=O) groups excluding carboxylic acids is 1. The van der Waals surface area contributed by atoms with Crippen LogP contribution in [0.2, 0.25) is 0 Å². The first-order valence-corrected chi connectivity index (χ1v) is 7.27. The van der Waals surface area contributed by atoms with Crippen molar-refractivity contribution >= 4 is 17.6 Å². The Bertz CT molecular complexity index is 601. The van der Waals surface area contributed by atoms with Gasteiger partial charge in [-0.15, -0.1) is 0 Å². The van der Waals surface area contributed by atoms with Crippen LogP contribution in [0.5, 0.6) is 0 Å². The van der Waals surface area contributed by atoms with Crippen molar-refractivity contribution in [3.63, 3.8) is 0 Å². The summed E-state index contributed by atoms with van der Waals surface area (Å²) in [6, 6.07) is 4.16. The predicted molar refractivity (Wildman–Crippen MR) is 75.2 cm³/mol. The first-order valence-electron chi connectivity index (χ1n) is 7.27. The van der Waals surface area contributed by atoms with Gasteiger partial charge in [0.05, 0.1) is 11.8 Å². The zero-order valence-electron chi connectivity index (χ0n) is 11.8. The molecule has 0 heterocycles. The smallest absolute Gasteiger partial charge is 0.307 e. The van der Waals surface area contributed by atoms with Crippen LogP contribution in [0.3, 0.4) is 0 Å². The van der Waals surface area contributed by atoms with Crippen molar-refractivity contribution in [1.82, 2.24) is 0 Å². The maximum absolute atomic E-state index is 13.1. The summed E-state index contributed by atoms with van der Waals surface area (Å²) >= 11 is 0. The van der Waals surface area contributed by atoms with E-state index in [-0.39, 0.29) is 23.6 Å². The second-order valence-electron chi connectivity index (χ2n) is 6.17. The van der Waals surface area contributed by atoms with E-state index in [1.807, 2.05) is 0 Å². The second kappa shape index (κ2) is 5.13. The lowest BCUT2D eigenvalue weighted by Gasteiger charge is -2.27. The molecule has 1 aromatic rings. The quantitative estimate of drug-likeness (QED) is 0.900. The molecule has 0 aliphatic heterocycles. The summed E-state index contributed by atoms with van der Waals surface area (Å²) < 4.78 is 13.1. The average Bonchev–Trinajstić information content (AvgIpc) is 3.02. The Labute approximate surface area is 122 Å². The number of hydrogen-bond acceptors (Lipinski definition) is 2. The highest BCUT2D eigenvalue weighted by molar-refractivity contribution is 5.96. The topological polar surface area (TPSA) is 66.4 Å². The number of halogens is 1. The predicted octanol–water partition coefficient (Wildman–Crippen LogP) is 2.82. The fourth-order valence-electron chi connectivity index (χ4n) is 4.01. The van der Waals surface area contributed by atoms with E-state index in [9.17, 15) is 19.1 Å². The van der Waals surface area contributed by atoms with E-state index in [1.54, 1.807) is 6.92 Å². The minimum absolute atomic E-state index is 0.123. The van der Waals surface area contributed by atoms with Gasteiger partial charge >= 0.3 is 5.97 Å². The van der Waals surface area contributed by atoms with E-state index >= 15 is 0 Å². The minimum Gasteiger partial charge on any atom is -0.481 e. The Balaban J connectivity index is 1.80. The van der Waals surface area contributed by atoms with Gasteiger partial charge in [-0.1, -0.05) is 0 Å². The summed E-state index contributed by atoms with van der Waals surface area (Å²) in [5, 5.41) is 12.2. The molecule has 1 amide bonds. The Morgan fingerprint density at radius 1 is 1.24 bits per heavy atom. The molecular formula is C16H18FNO3. The van der Waals surface area contributed by atoms with Crippen LogP contribution in [0.1, 0.15) is 24.8 Å². The van der Waals surface area contributed by atoms with E-state index < -0.39 is 17.8 Å². The maximum atomic E-state index is 13.1. The normalized spacial score (nSPS) is 30.4. The first kappa shape index (κ1) is 14.0. The zero-order valence-corrected chi connectivity index (χ0v) is 11.8. The summed E-state index contributed by atoms with van der Waals surface area (Å²) in [5.41, 5.74) is 1.19. The number of fused-ring (bicyclic) bond motifs is 2. The molecule has 4 atom stereocenters. The van der Waals surface area contributed by atoms with E-state index in [0.29, 0.717) is 11.3 Å². The van der Waals surface area contributed by atoms with Gasteiger partial charge in [-0.25, -0.2) is 4.39 Å². The number of aryl methyl sites for hydroxylation is 1. The molecule has 2 fully saturated rings. The monoisotopic (exact) mass is 291 g/mol. The van der Waals surface area contributed by atoms with Gasteiger partial charge in [-0.3, -0.25) is 9.59 Å². The molecule has 21 heavy (non-hydrogen) atoms. The number of aliphatic carboxylic acids is 1. The Morgan fingerprint density at radius 2 is 1.90 bits per heavy atom. The molecule has 5 heteroatoms. The van der Waals surface area contributed by atoms with Crippen molar-refractivity contribution in [2.75, 3.05) is 5.32 Å². The molecule has 2 bridgehead atoms. The molecule has 2 aliphatic rings. The van der Waals surface area contributed by atoms with Crippen LogP contribution in [0, 0.1) is 36.4 Å². The summed E-state index contributed by atoms with van der Waals surface area (Å²) in [5.74, 6) is -2.24. The van der Waals surface area contributed by atoms with Crippen LogP contribution in [0.25, 0.3) is 0 Å². The highest BCUT2D eigenvalue weighted by atomic mass is 19.1. The zero-order chi connectivity index (χ0) is 15.1. The number of benzene rings is 1. The summed E-state index contributed by atoms with van der Waals surface area (Å²) in [6.07, 6.45) is 2.66. The van der Waals surface area contributed by atoms with Crippen LogP contribution >= 0.6 is 0 Å². The summed E-state index contributed by atoms with van der Waals surface area (Å²) in [4.78, 5) is 23.9. The van der Waals surface area contributed by atoms with Crippen LogP contribution in [0.4, 0.5) is 10.1 Å². The summed E-state index contributed by atoms with van der Waals surface area (Å²) in [6.45, 7) is 1.72. The number of carboxylic acid groups (broad SMARTS) is 1. The van der Waals surface area contributed by atoms with Gasteiger partial charge < -0.3 is 10.4 Å². The lowest BCUT2D eigenvalue weighted by atomic mass is 9.78. The van der Waals surface area contributed by atoms with Gasteiger partial charge in [0.2, 0.25) is 5.91 Å². The molecule has 4 nitrogen and oxygen atoms in total. The van der Waals surface area contributed by atoms with Crippen molar-refractivity contribution in [2.24, 2.45) is 23.7 Å². The van der Waals surface area contributed by atoms with E-state index in [1.165, 1.54) is 18.2 Å². The molecule has 0 saturated heterocycles. The third-order valence-corrected chi connectivity index (χ3v) is 4.95. The maximum Gasteiger partial charge on any atom is 0.307 e. The fraction of sp³-hybridized carbons (Fsp3) is 0.500. The average molecular weight is 291 g/mol. The molecule has 0 aromatic heterocycles. The van der Waals surface area contributed by atoms with Crippen LogP contribution < -0.4 is 5.32 Å². The molecule has 0 spiro atoms. The number of anilines is 1. The summed E-state index contributed by atoms with van der Waals surface area (Å²) in [7, 11) is 0. The fourth-order valence-corrected chi connectivity index (χ4v) is 4.01. The minimum atomic E-state index is -0.877. The van der Waals surface area contributed by atoms with Crippen molar-refractivity contribution in [2.45, 2.75) is 26.2 Å². The van der Waals surface area contributed by atoms with Gasteiger partial charge in [-0.2, -0.15) is 0 Å². The molecule has 0 radical (unpaired) electrons. The molecule has 3 rings (SSSR count). The third kappa shape index (κ3) is 2.41. The van der Waals surface area contributed by atoms with Crippen molar-refractivity contribution in [3.8, 4) is 0 Å². The molecule has 0 unspecified atom stereocenters. The largest absolute Gasteiger partial charge is 0.481 e. The molecular weight excluding hydrogens is 273 g/mol. The van der Waals surface area contributed by atoms with E-state index in [4.69, 9.17) is 0 Å². The number of carboxylic acids is 1. The molecule has 2 N–H and O–H groups in total. The van der Waals surface area contributed by atoms with Gasteiger partial charge in [0.15, 0.2) is 0 Å². The number of rotatable bonds is 3. The molecule has 2 aliphatic carbocycles. The number of amides is 1. The SMILES string of the molecule is Cc1cc(F)ccc1NC(=O)[C@@H]1[C@H]2CC[C@@H](C2)[C@H]1C(=O)O. The number of carbonyl (C=O) groups is 2. The Morgan fingerprint density at radius 3 is 2.52 bits per heavy atom. The highest BCUT2D eigenvalue weighted by Gasteiger charge is 2.53. The second-order valence-corrected chi connectivity index (χ2v) is 6.17. The highest BCUT2D eigenvalue weighted by Crippen LogP contribution is 2.52. The van der Waals surface area contributed by atoms with Crippen molar-refractivity contribution < 1.29 is 19.1 Å². The lowest BCUT2D eigenvalue weighted by molar-refractivity contribution is -0.148. The standard InChI is InChI=1S/C16H18FNO3/c1-8-6-11(17)4-5-12(8)18-15(19)13-9-2-3-10(7-9)14(13)16(20)21/h4-6,9-10,13-14H,2-3,7H2,1H3,(H,18,19)(H,20,21)/t9-,10-,13+,14+/m0/s1. The number of nitrogens with one attached hydrogen (secondary N) is 1. The van der Waals surface area contributed by atoms with Gasteiger partial charge in [-0.05, 0) is 61.8 Å². The Kier molecular flexibility index (Phi) is 3.43. The molecule has 112 valence electrons. The van der Waals surface area contributed by atoms with Crippen LogP contribution in [-0.4, -0.2) is 17.0 Å². The van der Waals surface area contributed by atoms with Gasteiger partial charge in [0, 0.05) is 5.69 Å². The van der Waals surface area contributed by atoms with Crippen molar-refractivity contribution in [3.05, 3.63) is 29.6 Å². The Hall–Kier alpha value is -1.91. The third-order valence-electron chi connectivity index (χ3n) is 4.95.